The molecule has 0 aromatic rings. The number of nitrogens with two attached hydrogens (primary N) is 1. The Morgan fingerprint density at radius 3 is 2.39 bits per heavy atom. The van der Waals surface area contributed by atoms with Gasteiger partial charge in [-0.25, -0.2) is 9.59 Å². The summed E-state index contributed by atoms with van der Waals surface area (Å²) in [5.41, 5.74) is 4.92. The van der Waals surface area contributed by atoms with E-state index < -0.39 is 23.9 Å². The van der Waals surface area contributed by atoms with Crippen molar-refractivity contribution in [1.29, 1.82) is 0 Å². The Labute approximate surface area is 106 Å². The van der Waals surface area contributed by atoms with Crippen LogP contribution < -0.4 is 16.4 Å². The molecule has 0 aliphatic carbocycles. The van der Waals surface area contributed by atoms with Crippen molar-refractivity contribution in [2.45, 2.75) is 18.9 Å². The van der Waals surface area contributed by atoms with Crippen LogP contribution in [0.2, 0.25) is 0 Å². The number of carbonyl (C=O) groups is 3. The Morgan fingerprint density at radius 2 is 1.94 bits per heavy atom. The van der Waals surface area contributed by atoms with Gasteiger partial charge >= 0.3 is 12.0 Å². The van der Waals surface area contributed by atoms with Crippen LogP contribution in [0.5, 0.6) is 0 Å². The van der Waals surface area contributed by atoms with Crippen molar-refractivity contribution in [3.63, 3.8) is 0 Å². The van der Waals surface area contributed by atoms with Gasteiger partial charge in [-0.1, -0.05) is 0 Å². The third-order valence-corrected chi connectivity index (χ3v) is 2.13. The van der Waals surface area contributed by atoms with Crippen LogP contribution in [0.4, 0.5) is 4.79 Å². The molecule has 0 bridgehead atoms. The topological polar surface area (TPSA) is 125 Å². The van der Waals surface area contributed by atoms with Gasteiger partial charge in [0.2, 0.25) is 5.91 Å². The molecule has 8 heteroatoms. The second-order valence-corrected chi connectivity index (χ2v) is 4.10. The van der Waals surface area contributed by atoms with Crippen LogP contribution in [-0.2, 0) is 9.59 Å². The van der Waals surface area contributed by atoms with E-state index in [9.17, 15) is 14.4 Å². The molecule has 1 unspecified atom stereocenters. The molecule has 0 heterocycles. The van der Waals surface area contributed by atoms with E-state index in [1.165, 1.54) is 0 Å². The Hall–Kier alpha value is -1.83. The van der Waals surface area contributed by atoms with Crippen LogP contribution in [0, 0.1) is 0 Å². The Morgan fingerprint density at radius 1 is 1.33 bits per heavy atom. The summed E-state index contributed by atoms with van der Waals surface area (Å²) in [6.07, 6.45) is -0.110. The van der Waals surface area contributed by atoms with Crippen molar-refractivity contribution in [2.75, 3.05) is 27.2 Å². The number of rotatable bonds is 8. The van der Waals surface area contributed by atoms with Gasteiger partial charge < -0.3 is 26.4 Å². The third-order valence-electron chi connectivity index (χ3n) is 2.13. The second kappa shape index (κ2) is 8.29. The number of nitrogens with one attached hydrogen (secondary N) is 2. The first kappa shape index (κ1) is 16.2. The molecule has 0 spiro atoms. The van der Waals surface area contributed by atoms with Crippen molar-refractivity contribution in [3.8, 4) is 0 Å². The van der Waals surface area contributed by atoms with Crippen LogP contribution in [0.25, 0.3) is 0 Å². The lowest BCUT2D eigenvalue weighted by Crippen LogP contribution is -2.47. The molecule has 0 rings (SSSR count). The minimum Gasteiger partial charge on any atom is -0.480 e. The molecule has 8 nitrogen and oxygen atoms in total. The van der Waals surface area contributed by atoms with Crippen molar-refractivity contribution < 1.29 is 19.5 Å². The number of urea groups is 1. The minimum absolute atomic E-state index is 0.0221. The molecule has 1 atom stereocenters. The molecule has 0 fully saturated rings. The largest absolute Gasteiger partial charge is 0.480 e. The summed E-state index contributed by atoms with van der Waals surface area (Å²) in [5.74, 6) is -1.80. The van der Waals surface area contributed by atoms with Gasteiger partial charge in [0.05, 0.1) is 0 Å². The van der Waals surface area contributed by atoms with Crippen molar-refractivity contribution in [3.05, 3.63) is 0 Å². The lowest BCUT2D eigenvalue weighted by molar-refractivity contribution is -0.139. The predicted molar refractivity (Wildman–Crippen MR) is 64.9 cm³/mol. The average molecular weight is 260 g/mol. The Bertz CT molecular complexity index is 306. The summed E-state index contributed by atoms with van der Waals surface area (Å²) in [5, 5.41) is 13.6. The van der Waals surface area contributed by atoms with E-state index in [-0.39, 0.29) is 12.8 Å². The number of aliphatic carboxylic acids is 1. The summed E-state index contributed by atoms with van der Waals surface area (Å²) in [6.45, 7) is 1.05. The standard InChI is InChI=1S/C10H20N4O4/c1-14(2)6-5-12-10(18)13-7(9(16)17)3-4-8(11)15/h7H,3-6H2,1-2H3,(H2,11,15)(H,16,17)(H2,12,13,18). The molecule has 0 radical (unpaired) electrons. The van der Waals surface area contributed by atoms with Gasteiger partial charge in [0, 0.05) is 19.5 Å². The van der Waals surface area contributed by atoms with Gasteiger partial charge in [0.15, 0.2) is 0 Å². The number of carbonyl (C=O) groups excluding carboxylic acids is 2. The quantitative estimate of drug-likeness (QED) is 0.425. The monoisotopic (exact) mass is 260 g/mol. The molecule has 0 aromatic carbocycles. The van der Waals surface area contributed by atoms with E-state index in [0.29, 0.717) is 13.1 Å². The van der Waals surface area contributed by atoms with Crippen LogP contribution in [-0.4, -0.2) is 61.1 Å². The fourth-order valence-electron chi connectivity index (χ4n) is 1.15. The van der Waals surface area contributed by atoms with Gasteiger partial charge in [-0.15, -0.1) is 0 Å². The molecule has 18 heavy (non-hydrogen) atoms. The van der Waals surface area contributed by atoms with E-state index >= 15 is 0 Å². The maximum absolute atomic E-state index is 11.4. The molecule has 0 aromatic heterocycles. The predicted octanol–water partition coefficient (Wildman–Crippen LogP) is -1.43. The number of hydrogen-bond acceptors (Lipinski definition) is 4. The SMILES string of the molecule is CN(C)CCNC(=O)NC(CCC(N)=O)C(=O)O. The highest BCUT2D eigenvalue weighted by Gasteiger charge is 2.20. The van der Waals surface area contributed by atoms with Crippen molar-refractivity contribution >= 4 is 17.9 Å². The molecule has 3 amide bonds. The van der Waals surface area contributed by atoms with Crippen LogP contribution in [0.3, 0.4) is 0 Å². The number of hydrogen-bond donors (Lipinski definition) is 4. The minimum atomic E-state index is -1.20. The van der Waals surface area contributed by atoms with Crippen LogP contribution in [0.15, 0.2) is 0 Å². The van der Waals surface area contributed by atoms with Gasteiger partial charge in [0.25, 0.3) is 0 Å². The molecule has 0 aliphatic heterocycles. The van der Waals surface area contributed by atoms with Gasteiger partial charge in [-0.2, -0.15) is 0 Å². The fraction of sp³-hybridized carbons (Fsp3) is 0.700. The van der Waals surface area contributed by atoms with Crippen LogP contribution >= 0.6 is 0 Å². The maximum Gasteiger partial charge on any atom is 0.326 e. The zero-order chi connectivity index (χ0) is 14.1. The zero-order valence-corrected chi connectivity index (χ0v) is 10.6. The molecule has 0 saturated heterocycles. The number of amides is 3. The molecule has 0 saturated carbocycles. The first-order chi connectivity index (χ1) is 8.32. The van der Waals surface area contributed by atoms with E-state index in [1.807, 2.05) is 19.0 Å². The molecular formula is C10H20N4O4. The van der Waals surface area contributed by atoms with Crippen molar-refractivity contribution in [2.24, 2.45) is 5.73 Å². The zero-order valence-electron chi connectivity index (χ0n) is 10.6. The highest BCUT2D eigenvalue weighted by molar-refractivity contribution is 5.83. The van der Waals surface area contributed by atoms with E-state index in [4.69, 9.17) is 10.8 Å². The van der Waals surface area contributed by atoms with E-state index in [2.05, 4.69) is 10.6 Å². The third kappa shape index (κ3) is 8.34. The van der Waals surface area contributed by atoms with E-state index in [0.717, 1.165) is 0 Å². The summed E-state index contributed by atoms with van der Waals surface area (Å²) in [4.78, 5) is 34.6. The normalized spacial score (nSPS) is 11.9. The lowest BCUT2D eigenvalue weighted by atomic mass is 10.1. The lowest BCUT2D eigenvalue weighted by Gasteiger charge is -2.15. The average Bonchev–Trinajstić information content (AvgIpc) is 2.22. The second-order valence-electron chi connectivity index (χ2n) is 4.10. The van der Waals surface area contributed by atoms with Crippen molar-refractivity contribution in [1.82, 2.24) is 15.5 Å². The van der Waals surface area contributed by atoms with E-state index in [1.54, 1.807) is 0 Å². The first-order valence-electron chi connectivity index (χ1n) is 5.53. The Balaban J connectivity index is 4.04. The fourth-order valence-corrected chi connectivity index (χ4v) is 1.15. The molecule has 0 aliphatic rings. The van der Waals surface area contributed by atoms with Gasteiger partial charge in [-0.05, 0) is 20.5 Å². The molecule has 5 N–H and O–H groups in total. The summed E-state index contributed by atoms with van der Waals surface area (Å²) >= 11 is 0. The highest BCUT2D eigenvalue weighted by Crippen LogP contribution is 1.97. The number of primary amides is 1. The number of carboxylic acids is 1. The maximum atomic E-state index is 11.4. The molecule has 104 valence electrons. The smallest absolute Gasteiger partial charge is 0.326 e. The van der Waals surface area contributed by atoms with Gasteiger partial charge in [0.1, 0.15) is 6.04 Å². The first-order valence-corrected chi connectivity index (χ1v) is 5.53. The summed E-state index contributed by atoms with van der Waals surface area (Å²) < 4.78 is 0. The summed E-state index contributed by atoms with van der Waals surface area (Å²) in [6, 6.07) is -1.69. The number of carboxylic acid groups (broad SMARTS) is 1. The summed E-state index contributed by atoms with van der Waals surface area (Å²) in [7, 11) is 3.71. The Kier molecular flexibility index (Phi) is 7.45. The van der Waals surface area contributed by atoms with Gasteiger partial charge in [-0.3, -0.25) is 4.79 Å². The number of likely N-dealkylation sites (N-methyl/N-ethyl adjacent to an activating group) is 1. The van der Waals surface area contributed by atoms with Crippen LogP contribution in [0.1, 0.15) is 12.8 Å². The molecular weight excluding hydrogens is 240 g/mol. The number of nitrogens with zero attached hydrogens (tertiary/aromatic N) is 1. The highest BCUT2D eigenvalue weighted by atomic mass is 16.4.